The van der Waals surface area contributed by atoms with Gasteiger partial charge in [-0.3, -0.25) is 4.79 Å². The molecular weight excluding hydrogens is 264 g/mol. The maximum absolute atomic E-state index is 12.5. The third-order valence-corrected chi connectivity index (χ3v) is 3.29. The zero-order valence-electron chi connectivity index (χ0n) is 11.4. The van der Waals surface area contributed by atoms with Crippen LogP contribution in [0.4, 0.5) is 0 Å². The molecule has 0 spiro atoms. The number of allylic oxidation sites excluding steroid dienone is 2. The minimum Gasteiger partial charge on any atom is -0.289 e. The number of aromatic nitrogens is 4. The SMILES string of the molecule is O=C1C(=Cc2ccncn2)CCCC1=Cc1ncccn1. The molecule has 2 aromatic heterocycles. The zero-order valence-corrected chi connectivity index (χ0v) is 11.4. The summed E-state index contributed by atoms with van der Waals surface area (Å²) in [4.78, 5) is 28.8. The van der Waals surface area contributed by atoms with Crippen LogP contribution in [0.3, 0.4) is 0 Å². The molecule has 2 heterocycles. The second-order valence-corrected chi connectivity index (χ2v) is 4.76. The van der Waals surface area contributed by atoms with E-state index >= 15 is 0 Å². The van der Waals surface area contributed by atoms with Crippen molar-refractivity contribution in [2.24, 2.45) is 0 Å². The van der Waals surface area contributed by atoms with Crippen molar-refractivity contribution >= 4 is 17.9 Å². The smallest absolute Gasteiger partial charge is 0.185 e. The number of nitrogens with zero attached hydrogens (tertiary/aromatic N) is 4. The van der Waals surface area contributed by atoms with Gasteiger partial charge in [0.1, 0.15) is 6.33 Å². The standard InChI is InChI=1S/C16H14N4O/c21-16-12(9-14-5-8-17-11-20-14)3-1-4-13(16)10-15-18-6-2-7-19-15/h2,5-11H,1,3-4H2. The van der Waals surface area contributed by atoms with Gasteiger partial charge in [0.2, 0.25) is 0 Å². The van der Waals surface area contributed by atoms with Crippen LogP contribution >= 0.6 is 0 Å². The van der Waals surface area contributed by atoms with Crippen molar-refractivity contribution in [3.05, 3.63) is 59.7 Å². The Morgan fingerprint density at radius 3 is 2.43 bits per heavy atom. The Bertz CT molecular complexity index is 633. The van der Waals surface area contributed by atoms with Gasteiger partial charge in [-0.25, -0.2) is 19.9 Å². The van der Waals surface area contributed by atoms with Gasteiger partial charge >= 0.3 is 0 Å². The molecule has 0 N–H and O–H groups in total. The highest BCUT2D eigenvalue weighted by Gasteiger charge is 2.20. The molecule has 5 heteroatoms. The van der Waals surface area contributed by atoms with Crippen LogP contribution < -0.4 is 0 Å². The van der Waals surface area contributed by atoms with Crippen molar-refractivity contribution in [2.75, 3.05) is 0 Å². The average Bonchev–Trinajstić information content (AvgIpc) is 2.53. The summed E-state index contributed by atoms with van der Waals surface area (Å²) in [5.74, 6) is 0.636. The van der Waals surface area contributed by atoms with Crippen molar-refractivity contribution in [3.63, 3.8) is 0 Å². The van der Waals surface area contributed by atoms with E-state index in [1.807, 2.05) is 6.08 Å². The summed E-state index contributed by atoms with van der Waals surface area (Å²) in [6.07, 6.45) is 12.6. The Morgan fingerprint density at radius 1 is 0.952 bits per heavy atom. The van der Waals surface area contributed by atoms with Crippen LogP contribution in [0.15, 0.2) is 48.2 Å². The monoisotopic (exact) mass is 278 g/mol. The van der Waals surface area contributed by atoms with Crippen molar-refractivity contribution in [1.29, 1.82) is 0 Å². The molecule has 0 amide bonds. The van der Waals surface area contributed by atoms with Crippen molar-refractivity contribution < 1.29 is 4.79 Å². The Morgan fingerprint density at radius 2 is 1.71 bits per heavy atom. The van der Waals surface area contributed by atoms with Crippen LogP contribution in [0.5, 0.6) is 0 Å². The van der Waals surface area contributed by atoms with E-state index in [1.54, 1.807) is 36.8 Å². The average molecular weight is 278 g/mol. The van der Waals surface area contributed by atoms with Gasteiger partial charge in [-0.05, 0) is 43.5 Å². The zero-order chi connectivity index (χ0) is 14.5. The molecule has 3 rings (SSSR count). The number of Topliss-reactive ketones (excluding diaryl/α,β-unsaturated/α-hetero) is 1. The summed E-state index contributed by atoms with van der Waals surface area (Å²) in [5.41, 5.74) is 2.29. The second-order valence-electron chi connectivity index (χ2n) is 4.76. The number of carbonyl (C=O) groups excluding carboxylic acids is 1. The Kier molecular flexibility index (Phi) is 3.91. The number of carbonyl (C=O) groups is 1. The third kappa shape index (κ3) is 3.25. The van der Waals surface area contributed by atoms with E-state index in [4.69, 9.17) is 0 Å². The van der Waals surface area contributed by atoms with Crippen LogP contribution in [0.25, 0.3) is 12.2 Å². The molecule has 104 valence electrons. The fourth-order valence-corrected chi connectivity index (χ4v) is 2.28. The first kappa shape index (κ1) is 13.3. The molecule has 21 heavy (non-hydrogen) atoms. The summed E-state index contributed by atoms with van der Waals surface area (Å²) in [6, 6.07) is 3.55. The first-order valence-corrected chi connectivity index (χ1v) is 6.82. The van der Waals surface area contributed by atoms with Gasteiger partial charge in [0.05, 0.1) is 5.69 Å². The van der Waals surface area contributed by atoms with Gasteiger partial charge < -0.3 is 0 Å². The first-order chi connectivity index (χ1) is 10.3. The molecule has 0 unspecified atom stereocenters. The Labute approximate surface area is 122 Å². The molecule has 1 aliphatic rings. The lowest BCUT2D eigenvalue weighted by atomic mass is 9.88. The fourth-order valence-electron chi connectivity index (χ4n) is 2.28. The van der Waals surface area contributed by atoms with E-state index in [-0.39, 0.29) is 5.78 Å². The van der Waals surface area contributed by atoms with E-state index < -0.39 is 0 Å². The third-order valence-electron chi connectivity index (χ3n) is 3.29. The lowest BCUT2D eigenvalue weighted by Crippen LogP contribution is -2.12. The molecule has 2 aromatic rings. The fraction of sp³-hybridized carbons (Fsp3) is 0.188. The van der Waals surface area contributed by atoms with E-state index in [2.05, 4.69) is 19.9 Å². The number of hydrogen-bond acceptors (Lipinski definition) is 5. The Hall–Kier alpha value is -2.69. The largest absolute Gasteiger partial charge is 0.289 e. The molecule has 0 atom stereocenters. The number of ketones is 1. The molecule has 0 aliphatic heterocycles. The van der Waals surface area contributed by atoms with Crippen LogP contribution in [0.2, 0.25) is 0 Å². The highest BCUT2D eigenvalue weighted by molar-refractivity contribution is 6.13. The maximum atomic E-state index is 12.5. The van der Waals surface area contributed by atoms with Crippen LogP contribution in [-0.2, 0) is 4.79 Å². The molecule has 0 bridgehead atoms. The molecule has 0 saturated heterocycles. The van der Waals surface area contributed by atoms with E-state index in [1.165, 1.54) is 6.33 Å². The molecule has 0 radical (unpaired) electrons. The summed E-state index contributed by atoms with van der Waals surface area (Å²) >= 11 is 0. The predicted octanol–water partition coefficient (Wildman–Crippen LogP) is 2.49. The molecular formula is C16H14N4O. The van der Waals surface area contributed by atoms with Crippen molar-refractivity contribution in [3.8, 4) is 0 Å². The van der Waals surface area contributed by atoms with E-state index in [9.17, 15) is 4.79 Å². The Balaban J connectivity index is 1.88. The topological polar surface area (TPSA) is 68.6 Å². The lowest BCUT2D eigenvalue weighted by molar-refractivity contribution is -0.112. The van der Waals surface area contributed by atoms with Crippen LogP contribution in [0.1, 0.15) is 30.8 Å². The van der Waals surface area contributed by atoms with Gasteiger partial charge in [0.15, 0.2) is 11.6 Å². The van der Waals surface area contributed by atoms with Gasteiger partial charge in [-0.1, -0.05) is 0 Å². The summed E-state index contributed by atoms with van der Waals surface area (Å²) < 4.78 is 0. The molecule has 1 aliphatic carbocycles. The first-order valence-electron chi connectivity index (χ1n) is 6.82. The number of hydrogen-bond donors (Lipinski definition) is 0. The van der Waals surface area contributed by atoms with E-state index in [0.29, 0.717) is 5.82 Å². The maximum Gasteiger partial charge on any atom is 0.185 e. The van der Waals surface area contributed by atoms with Crippen LogP contribution in [0, 0.1) is 0 Å². The quantitative estimate of drug-likeness (QED) is 0.789. The molecule has 1 saturated carbocycles. The molecule has 0 aromatic carbocycles. The highest BCUT2D eigenvalue weighted by atomic mass is 16.1. The van der Waals surface area contributed by atoms with Crippen molar-refractivity contribution in [1.82, 2.24) is 19.9 Å². The highest BCUT2D eigenvalue weighted by Crippen LogP contribution is 2.27. The minimum atomic E-state index is 0.0623. The summed E-state index contributed by atoms with van der Waals surface area (Å²) in [7, 11) is 0. The summed E-state index contributed by atoms with van der Waals surface area (Å²) in [5, 5.41) is 0. The van der Waals surface area contributed by atoms with E-state index in [0.717, 1.165) is 36.1 Å². The number of rotatable bonds is 2. The van der Waals surface area contributed by atoms with Gasteiger partial charge in [0, 0.05) is 29.7 Å². The molecule has 5 nitrogen and oxygen atoms in total. The minimum absolute atomic E-state index is 0.0623. The summed E-state index contributed by atoms with van der Waals surface area (Å²) in [6.45, 7) is 0. The molecule has 1 fully saturated rings. The van der Waals surface area contributed by atoms with Gasteiger partial charge in [-0.2, -0.15) is 0 Å². The van der Waals surface area contributed by atoms with Gasteiger partial charge in [-0.15, -0.1) is 0 Å². The second kappa shape index (κ2) is 6.17. The lowest BCUT2D eigenvalue weighted by Gasteiger charge is -2.16. The predicted molar refractivity (Wildman–Crippen MR) is 78.9 cm³/mol. The normalized spacial score (nSPS) is 19.1. The van der Waals surface area contributed by atoms with Crippen LogP contribution in [-0.4, -0.2) is 25.7 Å². The van der Waals surface area contributed by atoms with Gasteiger partial charge in [0.25, 0.3) is 0 Å². The van der Waals surface area contributed by atoms with Crippen molar-refractivity contribution in [2.45, 2.75) is 19.3 Å².